The highest BCUT2D eigenvalue weighted by Gasteiger charge is 2.19. The molecule has 0 radical (unpaired) electrons. The molecule has 0 atom stereocenters. The summed E-state index contributed by atoms with van der Waals surface area (Å²) in [4.78, 5) is 21.6. The van der Waals surface area contributed by atoms with Crippen LogP contribution in [0.1, 0.15) is 25.5 Å². The maximum absolute atomic E-state index is 12.0. The highest BCUT2D eigenvalue weighted by Crippen LogP contribution is 2.20. The molecule has 7 heteroatoms. The molecule has 3 rings (SSSR count). The topological polar surface area (TPSA) is 62.1 Å². The molecule has 7 nitrogen and oxygen atoms in total. The standard InChI is InChI=1S/C24H35N5O2/c1-4-25-24(26-14-5-6-15-29-20(2)8-7-9-23(29)30)28-18-16-27(17-19-28)21-10-12-22(31-3)13-11-21/h7-13H,4-6,14-19H2,1-3H3,(H,25,26). The summed E-state index contributed by atoms with van der Waals surface area (Å²) in [6.07, 6.45) is 1.90. The second-order valence-electron chi connectivity index (χ2n) is 7.77. The maximum Gasteiger partial charge on any atom is 0.250 e. The highest BCUT2D eigenvalue weighted by atomic mass is 16.5. The zero-order chi connectivity index (χ0) is 22.1. The van der Waals surface area contributed by atoms with Gasteiger partial charge in [-0.1, -0.05) is 6.07 Å². The van der Waals surface area contributed by atoms with Crippen LogP contribution in [0.5, 0.6) is 5.75 Å². The average Bonchev–Trinajstić information content (AvgIpc) is 2.80. The molecular formula is C24H35N5O2. The molecule has 1 aromatic carbocycles. The lowest BCUT2D eigenvalue weighted by Gasteiger charge is -2.37. The average molecular weight is 426 g/mol. The fraction of sp³-hybridized carbons (Fsp3) is 0.500. The lowest BCUT2D eigenvalue weighted by atomic mass is 10.2. The number of piperazine rings is 1. The van der Waals surface area contributed by atoms with Crippen LogP contribution in [-0.2, 0) is 6.54 Å². The van der Waals surface area contributed by atoms with E-state index in [1.807, 2.05) is 35.8 Å². The predicted molar refractivity (Wildman–Crippen MR) is 127 cm³/mol. The second kappa shape index (κ2) is 11.4. The fourth-order valence-corrected chi connectivity index (χ4v) is 3.87. The first-order valence-corrected chi connectivity index (χ1v) is 11.2. The normalized spacial score (nSPS) is 14.6. The number of benzene rings is 1. The van der Waals surface area contributed by atoms with Crippen molar-refractivity contribution < 1.29 is 4.74 Å². The molecule has 0 unspecified atom stereocenters. The minimum absolute atomic E-state index is 0.0755. The van der Waals surface area contributed by atoms with Crippen molar-refractivity contribution in [3.63, 3.8) is 0 Å². The highest BCUT2D eigenvalue weighted by molar-refractivity contribution is 5.80. The lowest BCUT2D eigenvalue weighted by molar-refractivity contribution is 0.372. The van der Waals surface area contributed by atoms with Crippen molar-refractivity contribution in [1.82, 2.24) is 14.8 Å². The number of hydrogen-bond donors (Lipinski definition) is 1. The van der Waals surface area contributed by atoms with Crippen LogP contribution in [-0.4, -0.2) is 61.8 Å². The molecule has 1 saturated heterocycles. The summed E-state index contributed by atoms with van der Waals surface area (Å²) in [7, 11) is 1.69. The minimum atomic E-state index is 0.0755. The zero-order valence-electron chi connectivity index (χ0n) is 19.0. The van der Waals surface area contributed by atoms with E-state index < -0.39 is 0 Å². The smallest absolute Gasteiger partial charge is 0.250 e. The van der Waals surface area contributed by atoms with Crippen LogP contribution in [0.3, 0.4) is 0 Å². The molecule has 31 heavy (non-hydrogen) atoms. The van der Waals surface area contributed by atoms with Crippen LogP contribution in [0.25, 0.3) is 0 Å². The monoisotopic (exact) mass is 425 g/mol. The molecule has 1 aromatic heterocycles. The van der Waals surface area contributed by atoms with E-state index >= 15 is 0 Å². The third-order valence-corrected chi connectivity index (χ3v) is 5.67. The number of anilines is 1. The van der Waals surface area contributed by atoms with Gasteiger partial charge >= 0.3 is 0 Å². The summed E-state index contributed by atoms with van der Waals surface area (Å²) in [5.74, 6) is 1.88. The van der Waals surface area contributed by atoms with Crippen molar-refractivity contribution in [2.75, 3.05) is 51.3 Å². The van der Waals surface area contributed by atoms with E-state index in [1.165, 1.54) is 5.69 Å². The number of rotatable bonds is 8. The number of guanidine groups is 1. The molecule has 1 N–H and O–H groups in total. The van der Waals surface area contributed by atoms with Crippen molar-refractivity contribution in [2.24, 2.45) is 4.99 Å². The first kappa shape index (κ1) is 22.7. The largest absolute Gasteiger partial charge is 0.497 e. The molecule has 1 aliphatic rings. The van der Waals surface area contributed by atoms with Crippen LogP contribution < -0.4 is 20.5 Å². The number of ether oxygens (including phenoxy) is 1. The van der Waals surface area contributed by atoms with E-state index in [-0.39, 0.29) is 5.56 Å². The summed E-state index contributed by atoms with van der Waals surface area (Å²) in [6.45, 7) is 10.3. The Hall–Kier alpha value is -2.96. The molecule has 1 fully saturated rings. The molecule has 2 heterocycles. The first-order valence-electron chi connectivity index (χ1n) is 11.2. The fourth-order valence-electron chi connectivity index (χ4n) is 3.87. The molecule has 0 aliphatic carbocycles. The minimum Gasteiger partial charge on any atom is -0.497 e. The number of aliphatic imine (C=N–C) groups is 1. The van der Waals surface area contributed by atoms with Gasteiger partial charge in [0.25, 0.3) is 5.56 Å². The van der Waals surface area contributed by atoms with Gasteiger partial charge in [0, 0.05) is 63.3 Å². The third-order valence-electron chi connectivity index (χ3n) is 5.67. The number of methoxy groups -OCH3 is 1. The predicted octanol–water partition coefficient (Wildman–Crippen LogP) is 2.73. The Morgan fingerprint density at radius 1 is 1.06 bits per heavy atom. The number of aromatic nitrogens is 1. The van der Waals surface area contributed by atoms with Gasteiger partial charge in [-0.05, 0) is 57.0 Å². The number of hydrogen-bond acceptors (Lipinski definition) is 4. The molecule has 2 aromatic rings. The molecule has 0 spiro atoms. The summed E-state index contributed by atoms with van der Waals surface area (Å²) in [5, 5.41) is 3.43. The molecule has 0 saturated carbocycles. The Morgan fingerprint density at radius 3 is 2.45 bits per heavy atom. The SMILES string of the molecule is CCNC(=NCCCCn1c(C)cccc1=O)N1CCN(c2ccc(OC)cc2)CC1. The van der Waals surface area contributed by atoms with Gasteiger partial charge in [0.05, 0.1) is 7.11 Å². The van der Waals surface area contributed by atoms with Gasteiger partial charge in [-0.2, -0.15) is 0 Å². The summed E-state index contributed by atoms with van der Waals surface area (Å²) in [6, 6.07) is 13.7. The van der Waals surface area contributed by atoms with E-state index in [4.69, 9.17) is 9.73 Å². The van der Waals surface area contributed by atoms with Crippen LogP contribution in [0.15, 0.2) is 52.3 Å². The first-order chi connectivity index (χ1) is 15.1. The van der Waals surface area contributed by atoms with Crippen molar-refractivity contribution >= 4 is 11.6 Å². The Bertz CT molecular complexity index is 899. The molecule has 0 amide bonds. The van der Waals surface area contributed by atoms with E-state index in [0.29, 0.717) is 0 Å². The maximum atomic E-state index is 12.0. The summed E-state index contributed by atoms with van der Waals surface area (Å²) in [5.41, 5.74) is 2.32. The van der Waals surface area contributed by atoms with Gasteiger partial charge in [-0.3, -0.25) is 9.79 Å². The molecular weight excluding hydrogens is 390 g/mol. The van der Waals surface area contributed by atoms with Crippen LogP contribution in [0.4, 0.5) is 5.69 Å². The van der Waals surface area contributed by atoms with Crippen LogP contribution >= 0.6 is 0 Å². The Morgan fingerprint density at radius 2 is 1.81 bits per heavy atom. The van der Waals surface area contributed by atoms with Crippen molar-refractivity contribution in [2.45, 2.75) is 33.2 Å². The van der Waals surface area contributed by atoms with E-state index in [9.17, 15) is 4.79 Å². The van der Waals surface area contributed by atoms with Gasteiger partial charge in [0.15, 0.2) is 5.96 Å². The summed E-state index contributed by atoms with van der Waals surface area (Å²) < 4.78 is 7.10. The van der Waals surface area contributed by atoms with Crippen molar-refractivity contribution in [1.29, 1.82) is 0 Å². The number of pyridine rings is 1. The quantitative estimate of drug-likeness (QED) is 0.400. The van der Waals surface area contributed by atoms with Gasteiger partial charge < -0.3 is 24.4 Å². The van der Waals surface area contributed by atoms with Crippen LogP contribution in [0.2, 0.25) is 0 Å². The third kappa shape index (κ3) is 6.26. The number of nitrogens with one attached hydrogen (secondary N) is 1. The van der Waals surface area contributed by atoms with Gasteiger partial charge in [0.1, 0.15) is 5.75 Å². The number of nitrogens with zero attached hydrogens (tertiary/aromatic N) is 4. The van der Waals surface area contributed by atoms with Crippen molar-refractivity contribution in [3.05, 3.63) is 58.5 Å². The Labute approximate surface area is 185 Å². The molecule has 168 valence electrons. The van der Waals surface area contributed by atoms with E-state index in [0.717, 1.165) is 76.1 Å². The molecule has 1 aliphatic heterocycles. The molecule has 0 bridgehead atoms. The van der Waals surface area contributed by atoms with E-state index in [1.54, 1.807) is 13.2 Å². The van der Waals surface area contributed by atoms with Gasteiger partial charge in [-0.15, -0.1) is 0 Å². The zero-order valence-corrected chi connectivity index (χ0v) is 19.0. The second-order valence-corrected chi connectivity index (χ2v) is 7.77. The number of aryl methyl sites for hydroxylation is 1. The summed E-state index contributed by atoms with van der Waals surface area (Å²) >= 11 is 0. The Kier molecular flexibility index (Phi) is 8.38. The van der Waals surface area contributed by atoms with Crippen LogP contribution in [0, 0.1) is 6.92 Å². The Balaban J connectivity index is 1.48. The van der Waals surface area contributed by atoms with Gasteiger partial charge in [-0.25, -0.2) is 0 Å². The lowest BCUT2D eigenvalue weighted by Crippen LogP contribution is -2.52. The van der Waals surface area contributed by atoms with Gasteiger partial charge in [0.2, 0.25) is 0 Å². The number of unbranched alkanes of at least 4 members (excludes halogenated alkanes) is 1. The van der Waals surface area contributed by atoms with Crippen molar-refractivity contribution in [3.8, 4) is 5.75 Å². The van der Waals surface area contributed by atoms with E-state index in [2.05, 4.69) is 34.2 Å².